The normalized spacial score (nSPS) is 30.8. The van der Waals surface area contributed by atoms with E-state index in [0.717, 1.165) is 38.5 Å². The summed E-state index contributed by atoms with van der Waals surface area (Å²) in [6, 6.07) is 0.446. The molecule has 0 unspecified atom stereocenters. The highest BCUT2D eigenvalue weighted by Crippen LogP contribution is 2.35. The molecule has 3 aliphatic heterocycles. The number of thiazole rings is 1. The number of fused-ring (bicyclic) bond motifs is 4. The van der Waals surface area contributed by atoms with Gasteiger partial charge in [0.05, 0.1) is 12.5 Å². The molecule has 4 fully saturated rings. The van der Waals surface area contributed by atoms with Gasteiger partial charge in [-0.1, -0.05) is 0 Å². The largest absolute Gasteiger partial charge is 0.338 e. The smallest absolute Gasteiger partial charge is 0.227 e. The van der Waals surface area contributed by atoms with Gasteiger partial charge in [0.25, 0.3) is 0 Å². The molecule has 4 heterocycles. The predicted octanol–water partition coefficient (Wildman–Crippen LogP) is 1.98. The van der Waals surface area contributed by atoms with Crippen molar-refractivity contribution in [1.29, 1.82) is 0 Å². The Balaban J connectivity index is 1.48. The number of carbonyl (C=O) groups excluding carboxylic acids is 1. The summed E-state index contributed by atoms with van der Waals surface area (Å²) in [6.07, 6.45) is 6.79. The first kappa shape index (κ1) is 12.8. The molecule has 0 N–H and O–H groups in total. The van der Waals surface area contributed by atoms with E-state index in [9.17, 15) is 4.79 Å². The molecule has 0 radical (unpaired) electrons. The van der Waals surface area contributed by atoms with Crippen LogP contribution in [0.3, 0.4) is 0 Å². The van der Waals surface area contributed by atoms with Gasteiger partial charge in [0.15, 0.2) is 0 Å². The minimum atomic E-state index is 0.229. The summed E-state index contributed by atoms with van der Waals surface area (Å²) in [7, 11) is 0. The molecule has 4 nitrogen and oxygen atoms in total. The number of carbonyl (C=O) groups is 1. The van der Waals surface area contributed by atoms with Crippen LogP contribution in [0.1, 0.15) is 30.7 Å². The van der Waals surface area contributed by atoms with E-state index in [0.29, 0.717) is 11.9 Å². The zero-order chi connectivity index (χ0) is 13.5. The Morgan fingerprint density at radius 1 is 1.25 bits per heavy atom. The highest BCUT2D eigenvalue weighted by molar-refractivity contribution is 7.09. The van der Waals surface area contributed by atoms with Crippen LogP contribution in [0, 0.1) is 11.8 Å². The molecule has 3 saturated heterocycles. The van der Waals surface area contributed by atoms with Crippen molar-refractivity contribution in [2.45, 2.75) is 38.3 Å². The molecule has 5 heteroatoms. The average molecular weight is 291 g/mol. The summed E-state index contributed by atoms with van der Waals surface area (Å²) in [5.41, 5.74) is 0. The van der Waals surface area contributed by atoms with Crippen molar-refractivity contribution < 1.29 is 4.79 Å². The first-order valence-corrected chi connectivity index (χ1v) is 8.59. The predicted molar refractivity (Wildman–Crippen MR) is 78.3 cm³/mol. The van der Waals surface area contributed by atoms with E-state index >= 15 is 0 Å². The third kappa shape index (κ3) is 2.49. The number of rotatable bonds is 4. The van der Waals surface area contributed by atoms with E-state index in [2.05, 4.69) is 14.8 Å². The zero-order valence-corrected chi connectivity index (χ0v) is 12.5. The second-order valence-electron chi connectivity index (χ2n) is 6.48. The minimum Gasteiger partial charge on any atom is -0.338 e. The molecule has 1 aromatic heterocycles. The summed E-state index contributed by atoms with van der Waals surface area (Å²) < 4.78 is 0. The molecule has 1 aromatic rings. The number of hydrogen-bond acceptors (Lipinski definition) is 4. The summed E-state index contributed by atoms with van der Waals surface area (Å²) in [6.45, 7) is 3.89. The van der Waals surface area contributed by atoms with Crippen molar-refractivity contribution in [3.05, 3.63) is 16.6 Å². The van der Waals surface area contributed by atoms with Crippen LogP contribution < -0.4 is 0 Å². The molecule has 0 spiro atoms. The van der Waals surface area contributed by atoms with Gasteiger partial charge in [-0.05, 0) is 31.6 Å². The van der Waals surface area contributed by atoms with Crippen LogP contribution in [0.25, 0.3) is 0 Å². The highest BCUT2D eigenvalue weighted by atomic mass is 32.1. The maximum Gasteiger partial charge on any atom is 0.227 e. The van der Waals surface area contributed by atoms with E-state index in [-0.39, 0.29) is 5.92 Å². The zero-order valence-electron chi connectivity index (χ0n) is 11.7. The fourth-order valence-corrected chi connectivity index (χ4v) is 4.26. The lowest BCUT2D eigenvalue weighted by Crippen LogP contribution is -2.48. The van der Waals surface area contributed by atoms with Gasteiger partial charge >= 0.3 is 0 Å². The van der Waals surface area contributed by atoms with Gasteiger partial charge in [0.1, 0.15) is 5.01 Å². The molecule has 20 heavy (non-hydrogen) atoms. The fraction of sp³-hybridized carbons (Fsp3) is 0.733. The summed E-state index contributed by atoms with van der Waals surface area (Å²) in [5.74, 6) is 1.45. The molecule has 4 aliphatic rings. The van der Waals surface area contributed by atoms with Crippen molar-refractivity contribution in [1.82, 2.24) is 14.8 Å². The van der Waals surface area contributed by atoms with Crippen molar-refractivity contribution in [2.75, 3.05) is 19.6 Å². The number of amides is 1. The Hall–Kier alpha value is -0.940. The number of piperidine rings is 1. The molecule has 1 aliphatic carbocycles. The monoisotopic (exact) mass is 291 g/mol. The van der Waals surface area contributed by atoms with Gasteiger partial charge in [-0.3, -0.25) is 9.69 Å². The van der Waals surface area contributed by atoms with Crippen LogP contribution >= 0.6 is 11.3 Å². The quantitative estimate of drug-likeness (QED) is 0.851. The summed E-state index contributed by atoms with van der Waals surface area (Å²) in [5, 5.41) is 3.21. The lowest BCUT2D eigenvalue weighted by atomic mass is 9.94. The highest BCUT2D eigenvalue weighted by Gasteiger charge is 2.42. The van der Waals surface area contributed by atoms with Crippen molar-refractivity contribution in [3.8, 4) is 0 Å². The SMILES string of the molecule is O=C1[C@H]2CC[C@H](CN(Cc3nccs3)C2)N1CC1CC1. The lowest BCUT2D eigenvalue weighted by molar-refractivity contribution is -0.140. The van der Waals surface area contributed by atoms with E-state index in [1.54, 1.807) is 11.3 Å². The second-order valence-corrected chi connectivity index (χ2v) is 7.46. The van der Waals surface area contributed by atoms with Crippen LogP contribution in [0.15, 0.2) is 11.6 Å². The molecule has 5 rings (SSSR count). The third-order valence-electron chi connectivity index (χ3n) is 4.86. The van der Waals surface area contributed by atoms with Crippen LogP contribution in [0.5, 0.6) is 0 Å². The number of aromatic nitrogens is 1. The number of hydrogen-bond donors (Lipinski definition) is 0. The first-order chi connectivity index (χ1) is 9.79. The van der Waals surface area contributed by atoms with Gasteiger partial charge in [-0.15, -0.1) is 11.3 Å². The Labute approximate surface area is 123 Å². The minimum absolute atomic E-state index is 0.229. The average Bonchev–Trinajstić information content (AvgIpc) is 3.17. The second kappa shape index (κ2) is 5.11. The van der Waals surface area contributed by atoms with Gasteiger partial charge in [0, 0.05) is 37.3 Å². The maximum atomic E-state index is 12.6. The van der Waals surface area contributed by atoms with Gasteiger partial charge in [0.2, 0.25) is 5.91 Å². The van der Waals surface area contributed by atoms with Crippen molar-refractivity contribution >= 4 is 17.2 Å². The number of nitrogens with zero attached hydrogens (tertiary/aromatic N) is 3. The summed E-state index contributed by atoms with van der Waals surface area (Å²) in [4.78, 5) is 21.7. The lowest BCUT2D eigenvalue weighted by Gasteiger charge is -2.36. The molecule has 1 saturated carbocycles. The molecule has 2 atom stereocenters. The topological polar surface area (TPSA) is 36.4 Å². The Kier molecular flexibility index (Phi) is 3.27. The standard InChI is InChI=1S/C15H21N3OS/c19-15-12-3-4-13(18(15)7-11-1-2-11)9-17(8-12)10-14-16-5-6-20-14/h5-6,11-13H,1-4,7-10H2/t12-,13+/m0/s1. The van der Waals surface area contributed by atoms with E-state index < -0.39 is 0 Å². The molecular formula is C15H21N3OS. The van der Waals surface area contributed by atoms with Crippen molar-refractivity contribution in [2.24, 2.45) is 11.8 Å². The third-order valence-corrected chi connectivity index (χ3v) is 5.63. The van der Waals surface area contributed by atoms with Gasteiger partial charge < -0.3 is 4.90 Å². The fourth-order valence-electron chi connectivity index (χ4n) is 3.60. The summed E-state index contributed by atoms with van der Waals surface area (Å²) >= 11 is 1.72. The van der Waals surface area contributed by atoms with Gasteiger partial charge in [-0.25, -0.2) is 4.98 Å². The van der Waals surface area contributed by atoms with Crippen LogP contribution in [0.2, 0.25) is 0 Å². The van der Waals surface area contributed by atoms with Crippen molar-refractivity contribution in [3.63, 3.8) is 0 Å². The van der Waals surface area contributed by atoms with E-state index in [1.807, 2.05) is 11.6 Å². The molecule has 2 bridgehead atoms. The van der Waals surface area contributed by atoms with Crippen LogP contribution in [-0.2, 0) is 11.3 Å². The van der Waals surface area contributed by atoms with Crippen LogP contribution in [-0.4, -0.2) is 46.4 Å². The van der Waals surface area contributed by atoms with E-state index in [4.69, 9.17) is 0 Å². The molecule has 1 amide bonds. The van der Waals surface area contributed by atoms with Gasteiger partial charge in [-0.2, -0.15) is 0 Å². The molecule has 108 valence electrons. The maximum absolute atomic E-state index is 12.6. The molecular weight excluding hydrogens is 270 g/mol. The van der Waals surface area contributed by atoms with Crippen LogP contribution in [0.4, 0.5) is 0 Å². The molecule has 0 aromatic carbocycles. The van der Waals surface area contributed by atoms with E-state index in [1.165, 1.54) is 24.3 Å². The Morgan fingerprint density at radius 2 is 2.15 bits per heavy atom. The Morgan fingerprint density at radius 3 is 2.90 bits per heavy atom. The Bertz CT molecular complexity index is 485. The first-order valence-electron chi connectivity index (χ1n) is 7.71.